The van der Waals surface area contributed by atoms with Crippen LogP contribution in [0.15, 0.2) is 194 Å². The average Bonchev–Trinajstić information content (AvgIpc) is 3.51. The second-order valence-electron chi connectivity index (χ2n) is 12.2. The SMILES string of the molecule is c1ccc(-c2c3ccccc3n3cc(-c4ccc(-c5ccc(N(c6ccccc6)c6ccccc6)cc5)cc4)c4ccccc4c23)cc1. The van der Waals surface area contributed by atoms with E-state index in [1.165, 1.54) is 60.6 Å². The molecule has 48 heavy (non-hydrogen) atoms. The highest BCUT2D eigenvalue weighted by molar-refractivity contribution is 6.17. The van der Waals surface area contributed by atoms with Gasteiger partial charge in [0, 0.05) is 45.2 Å². The van der Waals surface area contributed by atoms with Gasteiger partial charge in [-0.2, -0.15) is 0 Å². The number of benzene rings is 7. The predicted molar refractivity (Wildman–Crippen MR) is 203 cm³/mol. The van der Waals surface area contributed by atoms with Crippen molar-refractivity contribution in [2.45, 2.75) is 0 Å². The lowest BCUT2D eigenvalue weighted by molar-refractivity contribution is 1.27. The van der Waals surface area contributed by atoms with E-state index in [4.69, 9.17) is 0 Å². The van der Waals surface area contributed by atoms with E-state index >= 15 is 0 Å². The Hall–Kier alpha value is -6.38. The molecule has 0 aliphatic rings. The Bertz CT molecular complexity index is 2470. The molecule has 0 unspecified atom stereocenters. The summed E-state index contributed by atoms with van der Waals surface area (Å²) in [5.41, 5.74) is 13.2. The molecule has 0 saturated heterocycles. The zero-order chi connectivity index (χ0) is 31.9. The van der Waals surface area contributed by atoms with Crippen molar-refractivity contribution in [1.82, 2.24) is 4.40 Å². The Morgan fingerprint density at radius 2 is 0.792 bits per heavy atom. The fraction of sp³-hybridized carbons (Fsp3) is 0. The first-order valence-electron chi connectivity index (χ1n) is 16.4. The molecular formula is C46H32N2. The normalized spacial score (nSPS) is 11.3. The van der Waals surface area contributed by atoms with Gasteiger partial charge in [0.1, 0.15) is 0 Å². The van der Waals surface area contributed by atoms with Crippen molar-refractivity contribution in [1.29, 1.82) is 0 Å². The van der Waals surface area contributed by atoms with E-state index < -0.39 is 0 Å². The fourth-order valence-electron chi connectivity index (χ4n) is 7.16. The van der Waals surface area contributed by atoms with E-state index in [2.05, 4.69) is 204 Å². The van der Waals surface area contributed by atoms with E-state index in [9.17, 15) is 0 Å². The first-order chi connectivity index (χ1) is 23.8. The van der Waals surface area contributed by atoms with Crippen LogP contribution < -0.4 is 4.90 Å². The number of hydrogen-bond acceptors (Lipinski definition) is 1. The van der Waals surface area contributed by atoms with Gasteiger partial charge in [-0.3, -0.25) is 0 Å². The molecule has 9 aromatic rings. The van der Waals surface area contributed by atoms with Crippen LogP contribution >= 0.6 is 0 Å². The maximum absolute atomic E-state index is 2.40. The number of anilines is 3. The Kier molecular flexibility index (Phi) is 6.84. The van der Waals surface area contributed by atoms with Crippen LogP contribution in [0.4, 0.5) is 17.1 Å². The van der Waals surface area contributed by atoms with Crippen molar-refractivity contribution in [2.75, 3.05) is 4.90 Å². The Labute approximate surface area is 280 Å². The fourth-order valence-corrected chi connectivity index (χ4v) is 7.16. The Morgan fingerprint density at radius 1 is 0.333 bits per heavy atom. The monoisotopic (exact) mass is 612 g/mol. The third kappa shape index (κ3) is 4.74. The molecule has 2 aromatic heterocycles. The summed E-state index contributed by atoms with van der Waals surface area (Å²) in [5, 5.41) is 3.78. The number of nitrogens with zero attached hydrogens (tertiary/aromatic N) is 2. The van der Waals surface area contributed by atoms with E-state index in [1.54, 1.807) is 0 Å². The second-order valence-corrected chi connectivity index (χ2v) is 12.2. The standard InChI is InChI=1S/C46H32N2/c1-4-14-36(15-5-1)45-42-22-12-13-23-44(42)47-32-43(40-20-10-11-21-41(40)46(45)47)35-26-24-33(25-27-35)34-28-30-39(31-29-34)48(37-16-6-2-7-17-37)38-18-8-3-9-19-38/h1-32H. The van der Waals surface area contributed by atoms with Gasteiger partial charge in [-0.15, -0.1) is 0 Å². The van der Waals surface area contributed by atoms with E-state index in [0.717, 1.165) is 17.1 Å². The van der Waals surface area contributed by atoms with Crippen LogP contribution in [0.25, 0.3) is 60.6 Å². The summed E-state index contributed by atoms with van der Waals surface area (Å²) in [5.74, 6) is 0. The van der Waals surface area contributed by atoms with Gasteiger partial charge < -0.3 is 9.30 Å². The van der Waals surface area contributed by atoms with Crippen molar-refractivity contribution in [3.8, 4) is 33.4 Å². The van der Waals surface area contributed by atoms with Gasteiger partial charge in [-0.25, -0.2) is 0 Å². The molecule has 226 valence electrons. The summed E-state index contributed by atoms with van der Waals surface area (Å²) in [6.45, 7) is 0. The van der Waals surface area contributed by atoms with Crippen molar-refractivity contribution in [2.24, 2.45) is 0 Å². The number of hydrogen-bond donors (Lipinski definition) is 0. The van der Waals surface area contributed by atoms with Gasteiger partial charge in [0.15, 0.2) is 0 Å². The summed E-state index contributed by atoms with van der Waals surface area (Å²) in [7, 11) is 0. The molecule has 9 rings (SSSR count). The minimum Gasteiger partial charge on any atom is -0.315 e. The molecule has 0 atom stereocenters. The Balaban J connectivity index is 1.12. The molecule has 0 spiro atoms. The van der Waals surface area contributed by atoms with Gasteiger partial charge in [0.05, 0.1) is 11.0 Å². The molecular weight excluding hydrogens is 581 g/mol. The van der Waals surface area contributed by atoms with Crippen LogP contribution in [0.5, 0.6) is 0 Å². The molecule has 2 heterocycles. The van der Waals surface area contributed by atoms with Crippen LogP contribution in [0.2, 0.25) is 0 Å². The molecule has 0 radical (unpaired) electrons. The predicted octanol–water partition coefficient (Wildman–Crippen LogP) is 12.7. The zero-order valence-corrected chi connectivity index (χ0v) is 26.4. The molecule has 0 aliphatic heterocycles. The van der Waals surface area contributed by atoms with Crippen LogP contribution in [0, 0.1) is 0 Å². The average molecular weight is 613 g/mol. The van der Waals surface area contributed by atoms with Crippen molar-refractivity contribution in [3.05, 3.63) is 194 Å². The molecule has 0 N–H and O–H groups in total. The first kappa shape index (κ1) is 27.9. The molecule has 2 heteroatoms. The summed E-state index contributed by atoms with van der Waals surface area (Å²) >= 11 is 0. The quantitative estimate of drug-likeness (QED) is 0.181. The molecule has 0 bridgehead atoms. The van der Waals surface area contributed by atoms with Gasteiger partial charge in [0.2, 0.25) is 0 Å². The van der Waals surface area contributed by atoms with Crippen molar-refractivity contribution in [3.63, 3.8) is 0 Å². The Morgan fingerprint density at radius 3 is 1.42 bits per heavy atom. The van der Waals surface area contributed by atoms with Gasteiger partial charge in [-0.1, -0.05) is 146 Å². The van der Waals surface area contributed by atoms with Crippen LogP contribution in [0.3, 0.4) is 0 Å². The highest BCUT2D eigenvalue weighted by Gasteiger charge is 2.18. The van der Waals surface area contributed by atoms with Crippen molar-refractivity contribution < 1.29 is 0 Å². The summed E-state index contributed by atoms with van der Waals surface area (Å²) in [6.07, 6.45) is 2.33. The number of rotatable bonds is 6. The summed E-state index contributed by atoms with van der Waals surface area (Å²) in [4.78, 5) is 2.29. The van der Waals surface area contributed by atoms with Crippen LogP contribution in [0.1, 0.15) is 0 Å². The summed E-state index contributed by atoms with van der Waals surface area (Å²) in [6, 6.07) is 67.3. The van der Waals surface area contributed by atoms with Gasteiger partial charge in [0.25, 0.3) is 0 Å². The second kappa shape index (κ2) is 11.8. The topological polar surface area (TPSA) is 7.65 Å². The third-order valence-corrected chi connectivity index (χ3v) is 9.39. The molecule has 0 saturated carbocycles. The van der Waals surface area contributed by atoms with Crippen LogP contribution in [-0.2, 0) is 0 Å². The van der Waals surface area contributed by atoms with Crippen LogP contribution in [-0.4, -0.2) is 4.40 Å². The molecule has 0 fully saturated rings. The largest absolute Gasteiger partial charge is 0.315 e. The lowest BCUT2D eigenvalue weighted by Crippen LogP contribution is -2.09. The highest BCUT2D eigenvalue weighted by atomic mass is 15.1. The third-order valence-electron chi connectivity index (χ3n) is 9.39. The van der Waals surface area contributed by atoms with E-state index in [0.29, 0.717) is 0 Å². The maximum atomic E-state index is 2.40. The first-order valence-corrected chi connectivity index (χ1v) is 16.4. The zero-order valence-electron chi connectivity index (χ0n) is 26.4. The highest BCUT2D eigenvalue weighted by Crippen LogP contribution is 2.42. The minimum atomic E-state index is 1.13. The molecule has 7 aromatic carbocycles. The minimum absolute atomic E-state index is 1.13. The van der Waals surface area contributed by atoms with E-state index in [1.807, 2.05) is 0 Å². The maximum Gasteiger partial charge on any atom is 0.0619 e. The number of aromatic nitrogens is 1. The van der Waals surface area contributed by atoms with E-state index in [-0.39, 0.29) is 0 Å². The number of fused-ring (bicyclic) bond motifs is 5. The summed E-state index contributed by atoms with van der Waals surface area (Å²) < 4.78 is 2.40. The smallest absolute Gasteiger partial charge is 0.0619 e. The van der Waals surface area contributed by atoms with Crippen molar-refractivity contribution >= 4 is 44.3 Å². The molecule has 2 nitrogen and oxygen atoms in total. The lowest BCUT2D eigenvalue weighted by atomic mass is 9.95. The number of pyridine rings is 1. The lowest BCUT2D eigenvalue weighted by Gasteiger charge is -2.25. The van der Waals surface area contributed by atoms with Gasteiger partial charge in [-0.05, 0) is 70.1 Å². The molecule has 0 aliphatic carbocycles. The molecule has 0 amide bonds. The number of para-hydroxylation sites is 3. The van der Waals surface area contributed by atoms with Gasteiger partial charge >= 0.3 is 0 Å².